The van der Waals surface area contributed by atoms with E-state index in [1.165, 1.54) is 154 Å². The van der Waals surface area contributed by atoms with Gasteiger partial charge in [0, 0.05) is 0 Å². The highest BCUT2D eigenvalue weighted by molar-refractivity contribution is 4.93. The fraction of sp³-hybridized carbons (Fsp3) is 0.805. The fourth-order valence-electron chi connectivity index (χ4n) is 5.77. The van der Waals surface area contributed by atoms with Crippen LogP contribution in [0.15, 0.2) is 48.6 Å². The molecule has 41 heavy (non-hydrogen) atoms. The van der Waals surface area contributed by atoms with Crippen molar-refractivity contribution in [1.82, 2.24) is 0 Å². The molecule has 240 valence electrons. The summed E-state index contributed by atoms with van der Waals surface area (Å²) in [6.07, 6.45) is 54.2. The summed E-state index contributed by atoms with van der Waals surface area (Å²) in [7, 11) is 0. The lowest BCUT2D eigenvalue weighted by atomic mass is 9.75. The second-order valence-corrected chi connectivity index (χ2v) is 13.8. The fourth-order valence-corrected chi connectivity index (χ4v) is 5.77. The van der Waals surface area contributed by atoms with Gasteiger partial charge in [-0.25, -0.2) is 0 Å². The first-order chi connectivity index (χ1) is 20.0. The molecule has 0 aromatic heterocycles. The minimum Gasteiger partial charge on any atom is -0.0882 e. The highest BCUT2D eigenvalue weighted by Crippen LogP contribution is 2.34. The van der Waals surface area contributed by atoms with Gasteiger partial charge in [0.15, 0.2) is 0 Å². The summed E-state index contributed by atoms with van der Waals surface area (Å²) >= 11 is 0. The Morgan fingerprint density at radius 3 is 0.976 bits per heavy atom. The van der Waals surface area contributed by atoms with Crippen molar-refractivity contribution >= 4 is 0 Å². The van der Waals surface area contributed by atoms with Gasteiger partial charge in [0.2, 0.25) is 0 Å². The topological polar surface area (TPSA) is 0 Å². The van der Waals surface area contributed by atoms with Crippen molar-refractivity contribution in [2.24, 2.45) is 11.3 Å². The molecule has 0 atom stereocenters. The van der Waals surface area contributed by atoms with E-state index in [1.54, 1.807) is 0 Å². The van der Waals surface area contributed by atoms with E-state index in [9.17, 15) is 0 Å². The van der Waals surface area contributed by atoms with Gasteiger partial charge in [-0.05, 0) is 88.4 Å². The zero-order valence-electron chi connectivity index (χ0n) is 29.1. The third-order valence-electron chi connectivity index (χ3n) is 8.73. The van der Waals surface area contributed by atoms with Gasteiger partial charge in [-0.2, -0.15) is 0 Å². The highest BCUT2D eigenvalue weighted by Gasteiger charge is 2.23. The molecule has 0 heteroatoms. The molecule has 0 amide bonds. The summed E-state index contributed by atoms with van der Waals surface area (Å²) in [6.45, 7) is 12.0. The van der Waals surface area contributed by atoms with E-state index in [4.69, 9.17) is 0 Å². The van der Waals surface area contributed by atoms with E-state index in [2.05, 4.69) is 83.2 Å². The van der Waals surface area contributed by atoms with Gasteiger partial charge in [-0.15, -0.1) is 0 Å². The molecule has 0 N–H and O–H groups in total. The molecule has 0 aliphatic rings. The van der Waals surface area contributed by atoms with Gasteiger partial charge in [-0.3, -0.25) is 0 Å². The molecule has 0 bridgehead atoms. The van der Waals surface area contributed by atoms with Gasteiger partial charge in [0.1, 0.15) is 0 Å². The monoisotopic (exact) mass is 569 g/mol. The molecular formula is C41H76. The van der Waals surface area contributed by atoms with E-state index in [0.717, 1.165) is 18.8 Å². The van der Waals surface area contributed by atoms with Crippen LogP contribution in [0.4, 0.5) is 0 Å². The van der Waals surface area contributed by atoms with Crippen LogP contribution in [0, 0.1) is 11.3 Å². The smallest absolute Gasteiger partial charge is 0.0169 e. The molecular weight excluding hydrogens is 492 g/mol. The summed E-state index contributed by atoms with van der Waals surface area (Å²) in [5.41, 5.74) is 0.466. The number of allylic oxidation sites excluding steroid dienone is 8. The Labute approximate surface area is 261 Å². The van der Waals surface area contributed by atoms with Crippen LogP contribution in [0.25, 0.3) is 0 Å². The highest BCUT2D eigenvalue weighted by atomic mass is 14.3. The number of hydrogen-bond donors (Lipinski definition) is 0. The Balaban J connectivity index is 3.65. The van der Waals surface area contributed by atoms with Crippen molar-refractivity contribution in [3.63, 3.8) is 0 Å². The molecule has 0 fully saturated rings. The molecule has 0 aliphatic heterocycles. The first kappa shape index (κ1) is 40.0. The Morgan fingerprint density at radius 1 is 0.366 bits per heavy atom. The standard InChI is InChI=1S/C41H76/c1-6-8-10-12-14-16-18-20-22-24-26-28-30-32-34-36-38-40(41(3,4)5)39-37-35-33-31-29-27-25-23-21-19-17-15-13-11-9-7-2/h14-17,20-23,40H,6-13,18-19,24-39H2,1-5H3/b16-14-,17-15-,22-20-,23-21-. The van der Waals surface area contributed by atoms with E-state index in [1.807, 2.05) is 0 Å². The predicted molar refractivity (Wildman–Crippen MR) is 191 cm³/mol. The van der Waals surface area contributed by atoms with E-state index in [0.29, 0.717) is 5.41 Å². The average Bonchev–Trinajstić information content (AvgIpc) is 2.95. The average molecular weight is 569 g/mol. The molecule has 0 aromatic rings. The van der Waals surface area contributed by atoms with Crippen molar-refractivity contribution < 1.29 is 0 Å². The maximum absolute atomic E-state index is 2.48. The Hall–Kier alpha value is -1.04. The third-order valence-corrected chi connectivity index (χ3v) is 8.73. The summed E-state index contributed by atoms with van der Waals surface area (Å²) in [5, 5.41) is 0. The lowest BCUT2D eigenvalue weighted by Gasteiger charge is -2.31. The van der Waals surface area contributed by atoms with Gasteiger partial charge < -0.3 is 0 Å². The van der Waals surface area contributed by atoms with Crippen molar-refractivity contribution in [2.75, 3.05) is 0 Å². The predicted octanol–water partition coefficient (Wildman–Crippen LogP) is 15.1. The van der Waals surface area contributed by atoms with Gasteiger partial charge in [0.05, 0.1) is 0 Å². The quantitative estimate of drug-likeness (QED) is 0.0597. The van der Waals surface area contributed by atoms with Gasteiger partial charge in [0.25, 0.3) is 0 Å². The molecule has 0 spiro atoms. The van der Waals surface area contributed by atoms with Crippen LogP contribution in [-0.4, -0.2) is 0 Å². The number of hydrogen-bond acceptors (Lipinski definition) is 0. The van der Waals surface area contributed by atoms with E-state index < -0.39 is 0 Å². The van der Waals surface area contributed by atoms with Crippen LogP contribution in [-0.2, 0) is 0 Å². The van der Waals surface area contributed by atoms with Crippen LogP contribution in [0.3, 0.4) is 0 Å². The lowest BCUT2D eigenvalue weighted by molar-refractivity contribution is 0.201. The van der Waals surface area contributed by atoms with Crippen molar-refractivity contribution in [3.8, 4) is 0 Å². The normalized spacial score (nSPS) is 12.9. The Bertz CT molecular complexity index is 562. The second kappa shape index (κ2) is 31.9. The molecule has 0 aromatic carbocycles. The van der Waals surface area contributed by atoms with Crippen LogP contribution in [0.1, 0.15) is 202 Å². The summed E-state index contributed by atoms with van der Waals surface area (Å²) in [4.78, 5) is 0. The molecule has 0 saturated heterocycles. The molecule has 0 heterocycles. The minimum atomic E-state index is 0.466. The minimum absolute atomic E-state index is 0.466. The molecule has 0 unspecified atom stereocenters. The first-order valence-electron chi connectivity index (χ1n) is 18.6. The van der Waals surface area contributed by atoms with E-state index >= 15 is 0 Å². The van der Waals surface area contributed by atoms with Gasteiger partial charge in [-0.1, -0.05) is 173 Å². The summed E-state index contributed by atoms with van der Waals surface area (Å²) < 4.78 is 0. The van der Waals surface area contributed by atoms with Crippen molar-refractivity contribution in [1.29, 1.82) is 0 Å². The summed E-state index contributed by atoms with van der Waals surface area (Å²) in [6, 6.07) is 0. The zero-order chi connectivity index (χ0) is 30.1. The van der Waals surface area contributed by atoms with Crippen LogP contribution in [0.5, 0.6) is 0 Å². The first-order valence-corrected chi connectivity index (χ1v) is 18.6. The number of unbranched alkanes of at least 4 members (excludes halogenated alkanes) is 18. The van der Waals surface area contributed by atoms with Crippen molar-refractivity contribution in [3.05, 3.63) is 48.6 Å². The Kier molecular flexibility index (Phi) is 31.1. The molecule has 0 radical (unpaired) electrons. The SMILES string of the molecule is CCCCC/C=C\C/C=C\CCCCCCCCC(CCCCCCCC/C=C\C/C=C\CCCCC)C(C)(C)C. The van der Waals surface area contributed by atoms with Crippen LogP contribution >= 0.6 is 0 Å². The maximum atomic E-state index is 2.48. The molecule has 0 nitrogen and oxygen atoms in total. The molecule has 0 rings (SSSR count). The largest absolute Gasteiger partial charge is 0.0882 e. The van der Waals surface area contributed by atoms with Gasteiger partial charge >= 0.3 is 0 Å². The summed E-state index contributed by atoms with van der Waals surface area (Å²) in [5.74, 6) is 0.902. The van der Waals surface area contributed by atoms with Crippen molar-refractivity contribution in [2.45, 2.75) is 202 Å². The number of rotatable bonds is 30. The second-order valence-electron chi connectivity index (χ2n) is 13.8. The molecule has 0 saturated carbocycles. The van der Waals surface area contributed by atoms with E-state index in [-0.39, 0.29) is 0 Å². The third kappa shape index (κ3) is 31.7. The maximum Gasteiger partial charge on any atom is -0.0169 e. The van der Waals surface area contributed by atoms with Crippen LogP contribution in [0.2, 0.25) is 0 Å². The molecule has 0 aliphatic carbocycles. The lowest BCUT2D eigenvalue weighted by Crippen LogP contribution is -2.20. The van der Waals surface area contributed by atoms with Crippen LogP contribution < -0.4 is 0 Å². The zero-order valence-corrected chi connectivity index (χ0v) is 29.1. The Morgan fingerprint density at radius 2 is 0.659 bits per heavy atom.